The number of rotatable bonds is 5. The van der Waals surface area contributed by atoms with Gasteiger partial charge in [0, 0.05) is 0 Å². The van der Waals surface area contributed by atoms with E-state index in [0.29, 0.717) is 5.02 Å². The Morgan fingerprint density at radius 3 is 1.70 bits per heavy atom. The first-order chi connectivity index (χ1) is 9.31. The van der Waals surface area contributed by atoms with E-state index in [4.69, 9.17) is 11.6 Å². The Labute approximate surface area is 137 Å². The Hall–Kier alpha value is -0.511. The summed E-state index contributed by atoms with van der Waals surface area (Å²) in [7, 11) is 6.96. The summed E-state index contributed by atoms with van der Waals surface area (Å²) in [5.41, 5.74) is 1.01. The summed E-state index contributed by atoms with van der Waals surface area (Å²) in [6.07, 6.45) is 0. The molecule has 0 saturated carbocycles. The molecule has 0 bridgehead atoms. The minimum absolute atomic E-state index is 0.00272. The summed E-state index contributed by atoms with van der Waals surface area (Å²) in [5, 5.41) is 0.658. The molecular weight excluding hydrogens is 410 g/mol. The Morgan fingerprint density at radius 2 is 1.35 bits per heavy atom. The van der Waals surface area contributed by atoms with Crippen LogP contribution in [0.4, 0.5) is 9.59 Å². The Balaban J connectivity index is 2.91. The molecule has 1 rings (SSSR count). The SMILES string of the molecule is CN(C)C(=O)[Se]C([Se]C(=O)N(C)C)c1ccc(Cl)cc1. The summed E-state index contributed by atoms with van der Waals surface area (Å²) >= 11 is 5.31. The first kappa shape index (κ1) is 17.5. The molecule has 0 radical (unpaired) electrons. The Kier molecular flexibility index (Phi) is 7.07. The van der Waals surface area contributed by atoms with Crippen LogP contribution in [0.15, 0.2) is 24.3 Å². The number of carbonyl (C=O) groups excluding carboxylic acids is 2. The van der Waals surface area contributed by atoms with Gasteiger partial charge in [0.1, 0.15) is 0 Å². The quantitative estimate of drug-likeness (QED) is 0.677. The third kappa shape index (κ3) is 5.47. The van der Waals surface area contributed by atoms with Gasteiger partial charge in [-0.05, 0) is 0 Å². The van der Waals surface area contributed by atoms with E-state index in [1.807, 2.05) is 12.1 Å². The van der Waals surface area contributed by atoms with E-state index in [1.165, 1.54) is 0 Å². The van der Waals surface area contributed by atoms with E-state index in [2.05, 4.69) is 0 Å². The van der Waals surface area contributed by atoms with Crippen LogP contribution >= 0.6 is 11.6 Å². The zero-order valence-corrected chi connectivity index (χ0v) is 16.0. The maximum atomic E-state index is 12.0. The summed E-state index contributed by atoms with van der Waals surface area (Å²) in [4.78, 5) is 27.3. The molecule has 0 unspecified atom stereocenters. The van der Waals surface area contributed by atoms with Crippen molar-refractivity contribution in [3.05, 3.63) is 34.9 Å². The molecule has 0 N–H and O–H groups in total. The number of hydrogen-bond acceptors (Lipinski definition) is 2. The number of amides is 2. The van der Waals surface area contributed by atoms with Crippen LogP contribution in [0, 0.1) is 0 Å². The van der Waals surface area contributed by atoms with Crippen LogP contribution in [0.5, 0.6) is 0 Å². The van der Waals surface area contributed by atoms with Gasteiger partial charge in [-0.3, -0.25) is 0 Å². The maximum absolute atomic E-state index is 12.0. The molecule has 0 heterocycles. The van der Waals surface area contributed by atoms with Gasteiger partial charge in [0.25, 0.3) is 0 Å². The number of benzene rings is 1. The third-order valence-electron chi connectivity index (χ3n) is 2.29. The summed E-state index contributed by atoms with van der Waals surface area (Å²) in [6.45, 7) is 0. The minimum atomic E-state index is -0.289. The zero-order valence-electron chi connectivity index (χ0n) is 11.8. The molecule has 1 aromatic rings. The van der Waals surface area contributed by atoms with Crippen LogP contribution in [0.25, 0.3) is 0 Å². The molecule has 0 aromatic heterocycles. The molecule has 2 amide bonds. The van der Waals surface area contributed by atoms with Gasteiger partial charge in [0.15, 0.2) is 0 Å². The molecule has 0 aliphatic heterocycles. The van der Waals surface area contributed by atoms with Crippen LogP contribution in [-0.2, 0) is 0 Å². The second-order valence-corrected chi connectivity index (χ2v) is 10.8. The number of halogens is 1. The summed E-state index contributed by atoms with van der Waals surface area (Å²) in [5.74, 6) is 0. The van der Waals surface area contributed by atoms with E-state index >= 15 is 0 Å². The van der Waals surface area contributed by atoms with E-state index in [-0.39, 0.29) is 43.2 Å². The van der Waals surface area contributed by atoms with Gasteiger partial charge >= 0.3 is 137 Å². The molecule has 0 fully saturated rings. The molecule has 0 aliphatic rings. The zero-order chi connectivity index (χ0) is 15.3. The van der Waals surface area contributed by atoms with Crippen molar-refractivity contribution in [3.8, 4) is 0 Å². The fraction of sp³-hybridized carbons (Fsp3) is 0.385. The van der Waals surface area contributed by atoms with E-state index < -0.39 is 0 Å². The Morgan fingerprint density at radius 1 is 0.950 bits per heavy atom. The molecule has 20 heavy (non-hydrogen) atoms. The second kappa shape index (κ2) is 8.06. The fourth-order valence-electron chi connectivity index (χ4n) is 1.17. The fourth-order valence-corrected chi connectivity index (χ4v) is 6.60. The molecule has 110 valence electrons. The van der Waals surface area contributed by atoms with Crippen LogP contribution < -0.4 is 0 Å². The van der Waals surface area contributed by atoms with Gasteiger partial charge in [-0.25, -0.2) is 0 Å². The predicted molar refractivity (Wildman–Crippen MR) is 83.9 cm³/mol. The molecule has 0 aliphatic carbocycles. The monoisotopic (exact) mass is 428 g/mol. The second-order valence-electron chi connectivity index (χ2n) is 4.44. The first-order valence-corrected chi connectivity index (χ1v) is 9.89. The van der Waals surface area contributed by atoms with Crippen molar-refractivity contribution in [1.82, 2.24) is 9.80 Å². The van der Waals surface area contributed by atoms with Gasteiger partial charge in [0.2, 0.25) is 0 Å². The van der Waals surface area contributed by atoms with E-state index in [0.717, 1.165) is 5.56 Å². The average Bonchev–Trinajstić information content (AvgIpc) is 2.38. The van der Waals surface area contributed by atoms with Crippen LogP contribution in [0.2, 0.25) is 5.02 Å². The van der Waals surface area contributed by atoms with Crippen molar-refractivity contribution >= 4 is 51.1 Å². The molecule has 0 spiro atoms. The number of carbonyl (C=O) groups is 2. The van der Waals surface area contributed by atoms with Gasteiger partial charge in [0.05, 0.1) is 0 Å². The van der Waals surface area contributed by atoms with E-state index in [9.17, 15) is 9.59 Å². The van der Waals surface area contributed by atoms with Gasteiger partial charge in [-0.1, -0.05) is 0 Å². The Bertz CT molecular complexity index is 456. The van der Waals surface area contributed by atoms with E-state index in [1.54, 1.807) is 50.1 Å². The molecular formula is C13H17ClN2O2Se2. The summed E-state index contributed by atoms with van der Waals surface area (Å²) in [6, 6.07) is 7.41. The molecule has 0 atom stereocenters. The van der Waals surface area contributed by atoms with Crippen LogP contribution in [0.3, 0.4) is 0 Å². The summed E-state index contributed by atoms with van der Waals surface area (Å²) < 4.78 is -0.00272. The van der Waals surface area contributed by atoms with Crippen molar-refractivity contribution in [1.29, 1.82) is 0 Å². The molecule has 1 aromatic carbocycles. The molecule has 0 saturated heterocycles. The normalized spacial score (nSPS) is 10.5. The van der Waals surface area contributed by atoms with Crippen molar-refractivity contribution in [3.63, 3.8) is 0 Å². The first-order valence-electron chi connectivity index (χ1n) is 5.82. The number of hydrogen-bond donors (Lipinski definition) is 0. The van der Waals surface area contributed by atoms with Crippen LogP contribution in [0.1, 0.15) is 9.28 Å². The standard InChI is InChI=1S/C13H17ClN2O2Se2/c1-15(2)12(17)19-11(20-13(18)16(3)4)9-5-7-10(14)8-6-9/h5-8,11H,1-4H3. The van der Waals surface area contributed by atoms with Crippen molar-refractivity contribution in [2.75, 3.05) is 28.2 Å². The molecule has 7 heteroatoms. The predicted octanol–water partition coefficient (Wildman–Crippen LogP) is 2.11. The van der Waals surface area contributed by atoms with Crippen LogP contribution in [-0.4, -0.2) is 77.5 Å². The van der Waals surface area contributed by atoms with Gasteiger partial charge in [-0.15, -0.1) is 0 Å². The van der Waals surface area contributed by atoms with Crippen molar-refractivity contribution in [2.45, 2.75) is 3.71 Å². The van der Waals surface area contributed by atoms with Crippen molar-refractivity contribution in [2.24, 2.45) is 0 Å². The van der Waals surface area contributed by atoms with Crippen molar-refractivity contribution < 1.29 is 9.59 Å². The molecule has 4 nitrogen and oxygen atoms in total. The topological polar surface area (TPSA) is 40.6 Å². The van der Waals surface area contributed by atoms with Gasteiger partial charge in [-0.2, -0.15) is 0 Å². The third-order valence-corrected chi connectivity index (χ3v) is 9.06. The number of nitrogens with zero attached hydrogens (tertiary/aromatic N) is 2. The van der Waals surface area contributed by atoms with Gasteiger partial charge < -0.3 is 0 Å². The average molecular weight is 427 g/mol.